The van der Waals surface area contributed by atoms with E-state index in [0.29, 0.717) is 24.0 Å². The summed E-state index contributed by atoms with van der Waals surface area (Å²) in [6.07, 6.45) is 3.59. The van der Waals surface area contributed by atoms with E-state index < -0.39 is 11.6 Å². The lowest BCUT2D eigenvalue weighted by Crippen LogP contribution is -2.34. The van der Waals surface area contributed by atoms with Gasteiger partial charge in [0.25, 0.3) is 0 Å². The third kappa shape index (κ3) is 4.89. The molecule has 1 aliphatic heterocycles. The maximum atomic E-state index is 11.6. The van der Waals surface area contributed by atoms with Crippen LogP contribution < -0.4 is 0 Å². The first kappa shape index (κ1) is 15.5. The van der Waals surface area contributed by atoms with E-state index >= 15 is 0 Å². The van der Waals surface area contributed by atoms with Crippen molar-refractivity contribution in [2.45, 2.75) is 51.6 Å². The van der Waals surface area contributed by atoms with E-state index in [-0.39, 0.29) is 12.6 Å². The summed E-state index contributed by atoms with van der Waals surface area (Å²) in [5.74, 6) is -0.745. The van der Waals surface area contributed by atoms with E-state index in [4.69, 9.17) is 9.47 Å². The van der Waals surface area contributed by atoms with Crippen molar-refractivity contribution in [3.8, 4) is 0 Å². The molecule has 1 rings (SSSR count). The SMILES string of the molecule is C=C(C)C(=O)OC1(C)CCCCC(=C)C(=O)OCC1. The van der Waals surface area contributed by atoms with Gasteiger partial charge in [-0.15, -0.1) is 0 Å². The highest BCUT2D eigenvalue weighted by Gasteiger charge is 2.30. The van der Waals surface area contributed by atoms with Crippen LogP contribution in [0.25, 0.3) is 0 Å². The van der Waals surface area contributed by atoms with Crippen molar-refractivity contribution in [3.05, 3.63) is 24.3 Å². The van der Waals surface area contributed by atoms with Gasteiger partial charge in [-0.05, 0) is 39.5 Å². The van der Waals surface area contributed by atoms with Crippen molar-refractivity contribution in [2.24, 2.45) is 0 Å². The maximum absolute atomic E-state index is 11.6. The molecular weight excluding hydrogens is 244 g/mol. The number of carbonyl (C=O) groups is 2. The molecule has 1 atom stereocenters. The van der Waals surface area contributed by atoms with Crippen LogP contribution in [0, 0.1) is 0 Å². The van der Waals surface area contributed by atoms with Crippen LogP contribution in [-0.4, -0.2) is 24.1 Å². The number of hydrogen-bond donors (Lipinski definition) is 0. The zero-order valence-electron chi connectivity index (χ0n) is 11.8. The first-order valence-corrected chi connectivity index (χ1v) is 6.58. The Labute approximate surface area is 114 Å². The number of cyclic esters (lactones) is 1. The van der Waals surface area contributed by atoms with Gasteiger partial charge in [-0.3, -0.25) is 0 Å². The molecule has 0 saturated carbocycles. The quantitative estimate of drug-likeness (QED) is 0.569. The van der Waals surface area contributed by atoms with Crippen LogP contribution in [0.5, 0.6) is 0 Å². The van der Waals surface area contributed by atoms with Crippen LogP contribution >= 0.6 is 0 Å². The molecule has 1 heterocycles. The molecule has 0 spiro atoms. The smallest absolute Gasteiger partial charge is 0.333 e. The van der Waals surface area contributed by atoms with E-state index in [0.717, 1.165) is 19.3 Å². The number of carbonyl (C=O) groups excluding carboxylic acids is 2. The van der Waals surface area contributed by atoms with Gasteiger partial charge in [-0.1, -0.05) is 13.2 Å². The molecule has 106 valence electrons. The Morgan fingerprint density at radius 3 is 2.68 bits per heavy atom. The van der Waals surface area contributed by atoms with Gasteiger partial charge in [0.1, 0.15) is 5.60 Å². The topological polar surface area (TPSA) is 52.6 Å². The summed E-state index contributed by atoms with van der Waals surface area (Å²) in [6, 6.07) is 0. The Morgan fingerprint density at radius 1 is 1.37 bits per heavy atom. The molecule has 0 aromatic heterocycles. The van der Waals surface area contributed by atoms with Crippen LogP contribution in [0.1, 0.15) is 46.0 Å². The Morgan fingerprint density at radius 2 is 2.05 bits per heavy atom. The monoisotopic (exact) mass is 266 g/mol. The second-order valence-corrected chi connectivity index (χ2v) is 5.32. The predicted octanol–water partition coefficient (Wildman–Crippen LogP) is 2.93. The molecule has 1 aliphatic rings. The van der Waals surface area contributed by atoms with Crippen LogP contribution in [0.15, 0.2) is 24.3 Å². The molecule has 4 nitrogen and oxygen atoms in total. The molecule has 19 heavy (non-hydrogen) atoms. The first-order chi connectivity index (χ1) is 8.84. The van der Waals surface area contributed by atoms with Gasteiger partial charge in [0.05, 0.1) is 6.61 Å². The molecule has 0 N–H and O–H groups in total. The van der Waals surface area contributed by atoms with E-state index in [2.05, 4.69) is 13.2 Å². The van der Waals surface area contributed by atoms with Crippen LogP contribution in [-0.2, 0) is 19.1 Å². The summed E-state index contributed by atoms with van der Waals surface area (Å²) >= 11 is 0. The standard InChI is InChI=1S/C15H22O4/c1-11(2)13(16)19-15(4)8-6-5-7-12(3)14(17)18-10-9-15/h1,3,5-10H2,2,4H3. The molecule has 1 unspecified atom stereocenters. The minimum atomic E-state index is -0.602. The van der Waals surface area contributed by atoms with Crippen LogP contribution in [0.3, 0.4) is 0 Å². The summed E-state index contributed by atoms with van der Waals surface area (Å²) in [5.41, 5.74) is 0.292. The van der Waals surface area contributed by atoms with Gasteiger partial charge in [0.15, 0.2) is 0 Å². The molecule has 1 fully saturated rings. The highest BCUT2D eigenvalue weighted by atomic mass is 16.6. The van der Waals surface area contributed by atoms with Crippen LogP contribution in [0.4, 0.5) is 0 Å². The van der Waals surface area contributed by atoms with Crippen molar-refractivity contribution in [1.29, 1.82) is 0 Å². The molecule has 0 aliphatic carbocycles. The average molecular weight is 266 g/mol. The first-order valence-electron chi connectivity index (χ1n) is 6.58. The molecule has 1 saturated heterocycles. The average Bonchev–Trinajstić information content (AvgIpc) is 2.33. The largest absolute Gasteiger partial charge is 0.462 e. The molecule has 0 aromatic rings. The highest BCUT2D eigenvalue weighted by Crippen LogP contribution is 2.26. The van der Waals surface area contributed by atoms with Gasteiger partial charge >= 0.3 is 11.9 Å². The second-order valence-electron chi connectivity index (χ2n) is 5.32. The number of rotatable bonds is 2. The van der Waals surface area contributed by atoms with Gasteiger partial charge in [0, 0.05) is 17.6 Å². The summed E-state index contributed by atoms with van der Waals surface area (Å²) in [4.78, 5) is 23.2. The Balaban J connectivity index is 2.67. The van der Waals surface area contributed by atoms with E-state index in [9.17, 15) is 9.59 Å². The van der Waals surface area contributed by atoms with Crippen molar-refractivity contribution in [2.75, 3.05) is 6.61 Å². The minimum absolute atomic E-state index is 0.234. The fourth-order valence-electron chi connectivity index (χ4n) is 1.94. The van der Waals surface area contributed by atoms with Gasteiger partial charge in [-0.25, -0.2) is 9.59 Å². The Hall–Kier alpha value is -1.58. The van der Waals surface area contributed by atoms with Crippen molar-refractivity contribution < 1.29 is 19.1 Å². The van der Waals surface area contributed by atoms with E-state index in [1.54, 1.807) is 6.92 Å². The molecule has 0 radical (unpaired) electrons. The summed E-state index contributed by atoms with van der Waals surface area (Å²) in [6.45, 7) is 11.0. The molecule has 0 amide bonds. The number of ether oxygens (including phenoxy) is 2. The van der Waals surface area contributed by atoms with Crippen molar-refractivity contribution >= 4 is 11.9 Å². The zero-order valence-corrected chi connectivity index (χ0v) is 11.8. The summed E-state index contributed by atoms with van der Waals surface area (Å²) in [5, 5.41) is 0. The van der Waals surface area contributed by atoms with Crippen LogP contribution in [0.2, 0.25) is 0 Å². The Bertz CT molecular complexity index is 397. The third-order valence-electron chi connectivity index (χ3n) is 3.27. The molecular formula is C15H22O4. The minimum Gasteiger partial charge on any atom is -0.462 e. The highest BCUT2D eigenvalue weighted by molar-refractivity contribution is 5.88. The van der Waals surface area contributed by atoms with Gasteiger partial charge < -0.3 is 9.47 Å². The number of esters is 2. The summed E-state index contributed by atoms with van der Waals surface area (Å²) in [7, 11) is 0. The van der Waals surface area contributed by atoms with Gasteiger partial charge in [0.2, 0.25) is 0 Å². The normalized spacial score (nSPS) is 25.4. The molecule has 4 heteroatoms. The lowest BCUT2D eigenvalue weighted by molar-refractivity contribution is -0.157. The fourth-order valence-corrected chi connectivity index (χ4v) is 1.94. The molecule has 0 bridgehead atoms. The molecule has 0 aromatic carbocycles. The lowest BCUT2D eigenvalue weighted by atomic mass is 9.93. The zero-order chi connectivity index (χ0) is 14.5. The second kappa shape index (κ2) is 6.55. The van der Waals surface area contributed by atoms with Crippen molar-refractivity contribution in [3.63, 3.8) is 0 Å². The van der Waals surface area contributed by atoms with Crippen molar-refractivity contribution in [1.82, 2.24) is 0 Å². The van der Waals surface area contributed by atoms with E-state index in [1.807, 2.05) is 6.92 Å². The maximum Gasteiger partial charge on any atom is 0.333 e. The van der Waals surface area contributed by atoms with E-state index in [1.165, 1.54) is 0 Å². The van der Waals surface area contributed by atoms with Gasteiger partial charge in [-0.2, -0.15) is 0 Å². The predicted molar refractivity (Wildman–Crippen MR) is 72.5 cm³/mol. The number of hydrogen-bond acceptors (Lipinski definition) is 4. The summed E-state index contributed by atoms with van der Waals surface area (Å²) < 4.78 is 10.6. The third-order valence-corrected chi connectivity index (χ3v) is 3.27. The Kier molecular flexibility index (Phi) is 5.33. The lowest BCUT2D eigenvalue weighted by Gasteiger charge is -2.30. The fraction of sp³-hybridized carbons (Fsp3) is 0.600.